The topological polar surface area (TPSA) is 77.7 Å². The Bertz CT molecular complexity index is 820. The molecule has 24 heavy (non-hydrogen) atoms. The molecule has 1 aliphatic carbocycles. The first-order valence-corrected chi connectivity index (χ1v) is 8.74. The van der Waals surface area contributed by atoms with Crippen LogP contribution >= 0.6 is 0 Å². The molecule has 5 nitrogen and oxygen atoms in total. The number of rotatable bonds is 4. The molecule has 3 heterocycles. The number of allylic oxidation sites excluding steroid dienone is 1. The molecule has 122 valence electrons. The number of hydrogen-bond acceptors (Lipinski definition) is 4. The lowest BCUT2D eigenvalue weighted by Crippen LogP contribution is -2.25. The minimum absolute atomic E-state index is 0.330. The smallest absolute Gasteiger partial charge is 0.141 e. The quantitative estimate of drug-likeness (QED) is 0.932. The molecule has 1 aliphatic heterocycles. The highest BCUT2D eigenvalue weighted by Gasteiger charge is 2.31. The van der Waals surface area contributed by atoms with Gasteiger partial charge in [0.1, 0.15) is 12.0 Å². The van der Waals surface area contributed by atoms with Gasteiger partial charge in [-0.05, 0) is 17.9 Å². The fraction of sp³-hybridized carbons (Fsp3) is 0.474. The van der Waals surface area contributed by atoms with E-state index in [4.69, 9.17) is 0 Å². The van der Waals surface area contributed by atoms with Crippen LogP contribution in [0.4, 0.5) is 0 Å². The maximum absolute atomic E-state index is 9.29. The Labute approximate surface area is 141 Å². The van der Waals surface area contributed by atoms with Crippen LogP contribution in [-0.2, 0) is 0 Å². The molecular weight excluding hydrogens is 298 g/mol. The molecule has 2 aliphatic rings. The Morgan fingerprint density at radius 1 is 1.29 bits per heavy atom. The van der Waals surface area contributed by atoms with Crippen LogP contribution < -0.4 is 0 Å². The van der Waals surface area contributed by atoms with Crippen LogP contribution in [0.2, 0.25) is 0 Å². The Kier molecular flexibility index (Phi) is 4.12. The molecule has 0 spiro atoms. The lowest BCUT2D eigenvalue weighted by atomic mass is 9.77. The maximum atomic E-state index is 9.29. The van der Waals surface area contributed by atoms with Crippen molar-refractivity contribution in [3.05, 3.63) is 30.4 Å². The molecular formula is C19H21N5. The van der Waals surface area contributed by atoms with Crippen molar-refractivity contribution in [2.45, 2.75) is 32.1 Å². The van der Waals surface area contributed by atoms with Crippen LogP contribution in [0.25, 0.3) is 16.6 Å². The lowest BCUT2D eigenvalue weighted by Gasteiger charge is -2.29. The Hall–Kier alpha value is -2.48. The summed E-state index contributed by atoms with van der Waals surface area (Å²) < 4.78 is 0. The van der Waals surface area contributed by atoms with Gasteiger partial charge in [0.15, 0.2) is 0 Å². The molecule has 2 aromatic rings. The highest BCUT2D eigenvalue weighted by Crippen LogP contribution is 2.39. The second-order valence-corrected chi connectivity index (χ2v) is 6.81. The zero-order valence-electron chi connectivity index (χ0n) is 13.7. The van der Waals surface area contributed by atoms with Gasteiger partial charge in [-0.15, -0.1) is 0 Å². The van der Waals surface area contributed by atoms with Crippen LogP contribution in [-0.4, -0.2) is 27.7 Å². The van der Waals surface area contributed by atoms with E-state index in [-0.39, 0.29) is 0 Å². The molecule has 5 heteroatoms. The molecule has 4 rings (SSSR count). The largest absolute Gasteiger partial charge is 0.346 e. The van der Waals surface area contributed by atoms with Crippen molar-refractivity contribution in [1.29, 1.82) is 5.26 Å². The minimum Gasteiger partial charge on any atom is -0.346 e. The SMILES string of the molecule is N#CC[C@H](C1C=C(c2ncnc3[nH]ccc23)C=NC1)C1CCCC1. The van der Waals surface area contributed by atoms with Gasteiger partial charge in [-0.1, -0.05) is 31.8 Å². The third-order valence-corrected chi connectivity index (χ3v) is 5.45. The standard InChI is InChI=1S/C19H21N5/c20-7-5-16(13-3-1-2-4-13)14-9-15(11-21-10-14)18-17-6-8-22-19(17)24-12-23-18/h6,8-9,11-14,16H,1-5,10H2,(H,22,23,24)/t14?,16-/m0/s1. The number of nitriles is 1. The molecule has 0 bridgehead atoms. The van der Waals surface area contributed by atoms with E-state index in [2.05, 4.69) is 32.1 Å². The third kappa shape index (κ3) is 2.73. The number of H-pyrrole nitrogens is 1. The van der Waals surface area contributed by atoms with E-state index in [1.807, 2.05) is 18.5 Å². The van der Waals surface area contributed by atoms with E-state index in [9.17, 15) is 5.26 Å². The van der Waals surface area contributed by atoms with Crippen LogP contribution in [0.1, 0.15) is 37.8 Å². The number of aromatic amines is 1. The van der Waals surface area contributed by atoms with E-state index in [1.54, 1.807) is 6.33 Å². The summed E-state index contributed by atoms with van der Waals surface area (Å²) in [7, 11) is 0. The molecule has 0 aromatic carbocycles. The molecule has 0 saturated heterocycles. The molecule has 1 unspecified atom stereocenters. The molecule has 1 N–H and O–H groups in total. The number of aromatic nitrogens is 3. The van der Waals surface area contributed by atoms with Crippen molar-refractivity contribution in [2.24, 2.45) is 22.7 Å². The van der Waals surface area contributed by atoms with Gasteiger partial charge in [-0.25, -0.2) is 9.97 Å². The Balaban J connectivity index is 1.67. The normalized spacial score (nSPS) is 22.5. The number of fused-ring (bicyclic) bond motifs is 1. The van der Waals surface area contributed by atoms with Crippen molar-refractivity contribution in [3.8, 4) is 6.07 Å². The van der Waals surface area contributed by atoms with Gasteiger partial charge in [0, 0.05) is 42.3 Å². The van der Waals surface area contributed by atoms with Gasteiger partial charge in [0.05, 0.1) is 11.8 Å². The highest BCUT2D eigenvalue weighted by atomic mass is 14.9. The number of hydrogen-bond donors (Lipinski definition) is 1. The van der Waals surface area contributed by atoms with Gasteiger partial charge in [0.25, 0.3) is 0 Å². The fourth-order valence-electron chi connectivity index (χ4n) is 4.26. The van der Waals surface area contributed by atoms with Crippen molar-refractivity contribution < 1.29 is 0 Å². The van der Waals surface area contributed by atoms with Crippen molar-refractivity contribution in [3.63, 3.8) is 0 Å². The number of aliphatic imine (C=N–C) groups is 1. The van der Waals surface area contributed by atoms with E-state index < -0.39 is 0 Å². The summed E-state index contributed by atoms with van der Waals surface area (Å²) in [5, 5.41) is 10.3. The molecule has 2 atom stereocenters. The van der Waals surface area contributed by atoms with E-state index >= 15 is 0 Å². The molecule has 2 aromatic heterocycles. The van der Waals surface area contributed by atoms with Gasteiger partial charge < -0.3 is 4.98 Å². The number of nitrogens with one attached hydrogen (secondary N) is 1. The average Bonchev–Trinajstić information content (AvgIpc) is 3.30. The van der Waals surface area contributed by atoms with Crippen LogP contribution in [0, 0.1) is 29.1 Å². The van der Waals surface area contributed by atoms with E-state index in [0.29, 0.717) is 24.2 Å². The summed E-state index contributed by atoms with van der Waals surface area (Å²) in [4.78, 5) is 16.5. The zero-order chi connectivity index (χ0) is 16.4. The van der Waals surface area contributed by atoms with Gasteiger partial charge in [-0.2, -0.15) is 5.26 Å². The third-order valence-electron chi connectivity index (χ3n) is 5.45. The molecule has 1 saturated carbocycles. The fourth-order valence-corrected chi connectivity index (χ4v) is 4.26. The first kappa shape index (κ1) is 15.1. The monoisotopic (exact) mass is 319 g/mol. The predicted octanol–water partition coefficient (Wildman–Crippen LogP) is 3.76. The van der Waals surface area contributed by atoms with E-state index in [1.165, 1.54) is 25.7 Å². The second-order valence-electron chi connectivity index (χ2n) is 6.81. The summed E-state index contributed by atoms with van der Waals surface area (Å²) >= 11 is 0. The molecule has 1 fully saturated rings. The van der Waals surface area contributed by atoms with Crippen molar-refractivity contribution in [2.75, 3.05) is 6.54 Å². The first-order valence-electron chi connectivity index (χ1n) is 8.74. The van der Waals surface area contributed by atoms with Gasteiger partial charge >= 0.3 is 0 Å². The predicted molar refractivity (Wildman–Crippen MR) is 94.4 cm³/mol. The second kappa shape index (κ2) is 6.56. The van der Waals surface area contributed by atoms with Gasteiger partial charge in [-0.3, -0.25) is 4.99 Å². The average molecular weight is 319 g/mol. The van der Waals surface area contributed by atoms with Crippen LogP contribution in [0.5, 0.6) is 0 Å². The zero-order valence-corrected chi connectivity index (χ0v) is 13.7. The highest BCUT2D eigenvalue weighted by molar-refractivity contribution is 6.13. The number of nitrogens with zero attached hydrogens (tertiary/aromatic N) is 4. The van der Waals surface area contributed by atoms with Crippen LogP contribution in [0.3, 0.4) is 0 Å². The van der Waals surface area contributed by atoms with Gasteiger partial charge in [0.2, 0.25) is 0 Å². The lowest BCUT2D eigenvalue weighted by molar-refractivity contribution is 0.273. The molecule has 0 amide bonds. The van der Waals surface area contributed by atoms with E-state index in [0.717, 1.165) is 28.8 Å². The Morgan fingerprint density at radius 2 is 2.17 bits per heavy atom. The first-order chi connectivity index (χ1) is 11.9. The summed E-state index contributed by atoms with van der Waals surface area (Å²) in [6.07, 6.45) is 13.4. The minimum atomic E-state index is 0.330. The van der Waals surface area contributed by atoms with Crippen molar-refractivity contribution in [1.82, 2.24) is 15.0 Å². The number of dihydropyridines is 1. The Morgan fingerprint density at radius 3 is 3.00 bits per heavy atom. The van der Waals surface area contributed by atoms with Crippen molar-refractivity contribution >= 4 is 22.8 Å². The summed E-state index contributed by atoms with van der Waals surface area (Å²) in [6.45, 7) is 0.785. The summed E-state index contributed by atoms with van der Waals surface area (Å²) in [5.41, 5.74) is 2.83. The maximum Gasteiger partial charge on any atom is 0.141 e. The molecule has 0 radical (unpaired) electrons. The van der Waals surface area contributed by atoms with Crippen LogP contribution in [0.15, 0.2) is 29.7 Å². The summed E-state index contributed by atoms with van der Waals surface area (Å²) in [6, 6.07) is 4.42. The summed E-state index contributed by atoms with van der Waals surface area (Å²) in [5.74, 6) is 1.41.